The number of methoxy groups -OCH3 is 2. The molecule has 0 amide bonds. The van der Waals surface area contributed by atoms with Crippen molar-refractivity contribution < 1.29 is 19.4 Å². The van der Waals surface area contributed by atoms with Crippen LogP contribution in [0.25, 0.3) is 0 Å². The Balaban J connectivity index is 2.46. The van der Waals surface area contributed by atoms with Gasteiger partial charge in [-0.25, -0.2) is 0 Å². The number of aromatic hydroxyl groups is 1. The number of phenols is 1. The van der Waals surface area contributed by atoms with Gasteiger partial charge in [0.15, 0.2) is 5.78 Å². The van der Waals surface area contributed by atoms with E-state index in [1.165, 1.54) is 26.4 Å². The van der Waals surface area contributed by atoms with Crippen LogP contribution < -0.4 is 9.47 Å². The monoisotopic (exact) mass is 272 g/mol. The molecule has 0 saturated carbocycles. The molecule has 0 bridgehead atoms. The Hall–Kier alpha value is -2.49. The predicted molar refractivity (Wildman–Crippen MR) is 75.8 cm³/mol. The van der Waals surface area contributed by atoms with Gasteiger partial charge in [0.05, 0.1) is 25.3 Å². The van der Waals surface area contributed by atoms with Crippen molar-refractivity contribution in [2.45, 2.75) is 6.92 Å². The van der Waals surface area contributed by atoms with Crippen molar-refractivity contribution in [3.05, 3.63) is 53.1 Å². The maximum absolute atomic E-state index is 12.5. The molecule has 0 aliphatic rings. The van der Waals surface area contributed by atoms with Crippen LogP contribution in [-0.4, -0.2) is 25.1 Å². The zero-order valence-electron chi connectivity index (χ0n) is 11.6. The Morgan fingerprint density at radius 1 is 1.00 bits per heavy atom. The van der Waals surface area contributed by atoms with Gasteiger partial charge in [0.25, 0.3) is 0 Å². The SMILES string of the molecule is COc1ccc(C(=O)c2ccc(C)cc2OC)c(O)c1. The number of aryl methyl sites for hydroxylation is 1. The number of ketones is 1. The number of carbonyl (C=O) groups is 1. The molecule has 1 N–H and O–H groups in total. The first kappa shape index (κ1) is 13.9. The largest absolute Gasteiger partial charge is 0.507 e. The Labute approximate surface area is 117 Å². The Morgan fingerprint density at radius 3 is 2.30 bits per heavy atom. The summed E-state index contributed by atoms with van der Waals surface area (Å²) in [5, 5.41) is 9.93. The second kappa shape index (κ2) is 5.65. The second-order valence-electron chi connectivity index (χ2n) is 4.42. The lowest BCUT2D eigenvalue weighted by Gasteiger charge is -2.10. The molecule has 0 aromatic heterocycles. The van der Waals surface area contributed by atoms with E-state index >= 15 is 0 Å². The summed E-state index contributed by atoms with van der Waals surface area (Å²) in [6.07, 6.45) is 0. The molecular weight excluding hydrogens is 256 g/mol. The molecule has 2 rings (SSSR count). The molecule has 4 nitrogen and oxygen atoms in total. The summed E-state index contributed by atoms with van der Waals surface area (Å²) in [7, 11) is 3.01. The number of carbonyl (C=O) groups excluding carboxylic acids is 1. The van der Waals surface area contributed by atoms with E-state index in [0.29, 0.717) is 17.1 Å². The summed E-state index contributed by atoms with van der Waals surface area (Å²) in [4.78, 5) is 12.5. The Bertz CT molecular complexity index is 647. The van der Waals surface area contributed by atoms with E-state index in [9.17, 15) is 9.90 Å². The minimum absolute atomic E-state index is 0.114. The van der Waals surface area contributed by atoms with Gasteiger partial charge in [-0.05, 0) is 36.8 Å². The first-order valence-electron chi connectivity index (χ1n) is 6.13. The molecule has 2 aromatic rings. The zero-order chi connectivity index (χ0) is 14.7. The molecule has 0 aliphatic carbocycles. The number of benzene rings is 2. The van der Waals surface area contributed by atoms with Gasteiger partial charge in [0.1, 0.15) is 17.2 Å². The molecule has 0 unspecified atom stereocenters. The van der Waals surface area contributed by atoms with Gasteiger partial charge < -0.3 is 14.6 Å². The fourth-order valence-electron chi connectivity index (χ4n) is 1.96. The summed E-state index contributed by atoms with van der Waals surface area (Å²) < 4.78 is 10.2. The molecule has 0 fully saturated rings. The van der Waals surface area contributed by atoms with Gasteiger partial charge in [-0.3, -0.25) is 4.79 Å². The van der Waals surface area contributed by atoms with Crippen molar-refractivity contribution in [1.82, 2.24) is 0 Å². The van der Waals surface area contributed by atoms with Crippen molar-refractivity contribution in [3.63, 3.8) is 0 Å². The van der Waals surface area contributed by atoms with Crippen LogP contribution in [0.3, 0.4) is 0 Å². The van der Waals surface area contributed by atoms with Crippen molar-refractivity contribution in [2.24, 2.45) is 0 Å². The molecule has 0 atom stereocenters. The minimum Gasteiger partial charge on any atom is -0.507 e. The Kier molecular flexibility index (Phi) is 3.94. The van der Waals surface area contributed by atoms with E-state index < -0.39 is 0 Å². The highest BCUT2D eigenvalue weighted by Gasteiger charge is 2.18. The quantitative estimate of drug-likeness (QED) is 0.869. The average molecular weight is 272 g/mol. The number of rotatable bonds is 4. The third-order valence-corrected chi connectivity index (χ3v) is 3.05. The van der Waals surface area contributed by atoms with Crippen LogP contribution in [-0.2, 0) is 0 Å². The number of hydrogen-bond acceptors (Lipinski definition) is 4. The molecule has 2 aromatic carbocycles. The van der Waals surface area contributed by atoms with E-state index in [1.54, 1.807) is 18.2 Å². The second-order valence-corrected chi connectivity index (χ2v) is 4.42. The third-order valence-electron chi connectivity index (χ3n) is 3.05. The van der Waals surface area contributed by atoms with Gasteiger partial charge in [0.2, 0.25) is 0 Å². The highest BCUT2D eigenvalue weighted by Crippen LogP contribution is 2.29. The molecule has 0 heterocycles. The zero-order valence-corrected chi connectivity index (χ0v) is 11.6. The molecule has 104 valence electrons. The first-order chi connectivity index (χ1) is 9.56. The van der Waals surface area contributed by atoms with E-state index in [1.807, 2.05) is 13.0 Å². The molecule has 0 radical (unpaired) electrons. The van der Waals surface area contributed by atoms with Crippen molar-refractivity contribution in [1.29, 1.82) is 0 Å². The van der Waals surface area contributed by atoms with Crippen LogP contribution in [0.2, 0.25) is 0 Å². The fraction of sp³-hybridized carbons (Fsp3) is 0.188. The molecular formula is C16H16O4. The molecule has 20 heavy (non-hydrogen) atoms. The topological polar surface area (TPSA) is 55.8 Å². The van der Waals surface area contributed by atoms with E-state index in [4.69, 9.17) is 9.47 Å². The number of ether oxygens (including phenoxy) is 2. The third kappa shape index (κ3) is 2.59. The maximum atomic E-state index is 12.5. The average Bonchev–Trinajstić information content (AvgIpc) is 2.46. The van der Waals surface area contributed by atoms with Gasteiger partial charge in [-0.15, -0.1) is 0 Å². The van der Waals surface area contributed by atoms with Crippen LogP contribution in [0.4, 0.5) is 0 Å². The van der Waals surface area contributed by atoms with Crippen molar-refractivity contribution >= 4 is 5.78 Å². The lowest BCUT2D eigenvalue weighted by atomic mass is 10.00. The maximum Gasteiger partial charge on any atom is 0.200 e. The summed E-state index contributed by atoms with van der Waals surface area (Å²) in [6, 6.07) is 9.89. The Morgan fingerprint density at radius 2 is 1.70 bits per heavy atom. The molecule has 0 spiro atoms. The van der Waals surface area contributed by atoms with Gasteiger partial charge in [-0.2, -0.15) is 0 Å². The van der Waals surface area contributed by atoms with E-state index in [0.717, 1.165) is 5.56 Å². The highest BCUT2D eigenvalue weighted by molar-refractivity contribution is 6.12. The van der Waals surface area contributed by atoms with Crippen molar-refractivity contribution in [3.8, 4) is 17.2 Å². The highest BCUT2D eigenvalue weighted by atomic mass is 16.5. The lowest BCUT2D eigenvalue weighted by Crippen LogP contribution is -2.04. The van der Waals surface area contributed by atoms with Gasteiger partial charge in [-0.1, -0.05) is 6.07 Å². The summed E-state index contributed by atoms with van der Waals surface area (Å²) >= 11 is 0. The smallest absolute Gasteiger partial charge is 0.200 e. The summed E-state index contributed by atoms with van der Waals surface area (Å²) in [6.45, 7) is 1.92. The number of phenolic OH excluding ortho intramolecular Hbond substituents is 1. The van der Waals surface area contributed by atoms with Gasteiger partial charge >= 0.3 is 0 Å². The first-order valence-corrected chi connectivity index (χ1v) is 6.13. The normalized spacial score (nSPS) is 10.2. The fourth-order valence-corrected chi connectivity index (χ4v) is 1.96. The summed E-state index contributed by atoms with van der Waals surface area (Å²) in [5.41, 5.74) is 1.63. The van der Waals surface area contributed by atoms with Crippen LogP contribution in [0.15, 0.2) is 36.4 Å². The lowest BCUT2D eigenvalue weighted by molar-refractivity contribution is 0.103. The molecule has 0 saturated heterocycles. The van der Waals surface area contributed by atoms with Crippen molar-refractivity contribution in [2.75, 3.05) is 14.2 Å². The predicted octanol–water partition coefficient (Wildman–Crippen LogP) is 2.95. The molecule has 4 heteroatoms. The van der Waals surface area contributed by atoms with Crippen LogP contribution >= 0.6 is 0 Å². The van der Waals surface area contributed by atoms with Crippen LogP contribution in [0, 0.1) is 6.92 Å². The number of hydrogen-bond donors (Lipinski definition) is 1. The minimum atomic E-state index is -0.290. The van der Waals surface area contributed by atoms with E-state index in [2.05, 4.69) is 0 Å². The molecule has 0 aliphatic heterocycles. The van der Waals surface area contributed by atoms with Crippen LogP contribution in [0.1, 0.15) is 21.5 Å². The van der Waals surface area contributed by atoms with E-state index in [-0.39, 0.29) is 17.1 Å². The van der Waals surface area contributed by atoms with Gasteiger partial charge in [0, 0.05) is 6.07 Å². The standard InChI is InChI=1S/C16H16O4/c1-10-4-6-13(15(8-10)20-3)16(18)12-7-5-11(19-2)9-14(12)17/h4-9,17H,1-3H3. The summed E-state index contributed by atoms with van der Waals surface area (Å²) in [5.74, 6) is 0.583. The van der Waals surface area contributed by atoms with Crippen LogP contribution in [0.5, 0.6) is 17.2 Å².